The summed E-state index contributed by atoms with van der Waals surface area (Å²) in [7, 11) is 0. The molecule has 106 valence electrons. The van der Waals surface area contributed by atoms with Crippen LogP contribution in [0.4, 0.5) is 10.5 Å². The number of anilines is 1. The number of fused-ring (bicyclic) bond motifs is 1. The monoisotopic (exact) mass is 275 g/mol. The van der Waals surface area contributed by atoms with Crippen LogP contribution in [0.1, 0.15) is 12.5 Å². The summed E-state index contributed by atoms with van der Waals surface area (Å²) in [6.07, 6.45) is 0.285. The fraction of sp³-hybridized carbons (Fsp3) is 0.429. The third-order valence-electron chi connectivity index (χ3n) is 3.59. The van der Waals surface area contributed by atoms with Gasteiger partial charge in [0.2, 0.25) is 5.91 Å². The van der Waals surface area contributed by atoms with Crippen LogP contribution in [0.15, 0.2) is 24.3 Å². The van der Waals surface area contributed by atoms with Gasteiger partial charge in [-0.1, -0.05) is 18.2 Å². The van der Waals surface area contributed by atoms with Crippen molar-refractivity contribution in [3.63, 3.8) is 0 Å². The van der Waals surface area contributed by atoms with E-state index in [2.05, 4.69) is 11.4 Å². The van der Waals surface area contributed by atoms with E-state index in [0.717, 1.165) is 18.7 Å². The highest BCUT2D eigenvalue weighted by Crippen LogP contribution is 2.30. The molecule has 1 unspecified atom stereocenters. The molecule has 20 heavy (non-hydrogen) atoms. The number of nitrogens with one attached hydrogen (secondary N) is 1. The first kappa shape index (κ1) is 12.8. The average molecular weight is 275 g/mol. The number of ether oxygens (including phenoxy) is 1. The summed E-state index contributed by atoms with van der Waals surface area (Å²) in [4.78, 5) is 22.9. The van der Waals surface area contributed by atoms with Crippen molar-refractivity contribution in [2.45, 2.75) is 19.4 Å². The third kappa shape index (κ3) is 2.29. The van der Waals surface area contributed by atoms with E-state index >= 15 is 0 Å². The molecule has 0 spiro atoms. The van der Waals surface area contributed by atoms with E-state index in [1.54, 1.807) is 5.01 Å². The molecule has 2 amide bonds. The molecule has 0 aromatic heterocycles. The highest BCUT2D eigenvalue weighted by atomic mass is 16.6. The Morgan fingerprint density at radius 3 is 3.00 bits per heavy atom. The average Bonchev–Trinajstić information content (AvgIpc) is 2.99. The molecule has 0 saturated carbocycles. The van der Waals surface area contributed by atoms with Crippen molar-refractivity contribution >= 4 is 17.7 Å². The van der Waals surface area contributed by atoms with Gasteiger partial charge in [0.05, 0.1) is 18.8 Å². The number of hydrogen-bond donors (Lipinski definition) is 1. The Hall–Kier alpha value is -2.24. The zero-order chi connectivity index (χ0) is 14.1. The van der Waals surface area contributed by atoms with Crippen LogP contribution >= 0.6 is 0 Å². The lowest BCUT2D eigenvalue weighted by Crippen LogP contribution is -2.43. The Morgan fingerprint density at radius 1 is 1.40 bits per heavy atom. The van der Waals surface area contributed by atoms with Crippen LogP contribution in [-0.2, 0) is 16.0 Å². The second kappa shape index (κ2) is 5.03. The molecule has 3 rings (SSSR count). The predicted octanol–water partition coefficient (Wildman–Crippen LogP) is 0.921. The van der Waals surface area contributed by atoms with Gasteiger partial charge in [-0.25, -0.2) is 9.80 Å². The molecule has 2 aliphatic rings. The number of carbonyl (C=O) groups excluding carboxylic acids is 2. The number of hydrazine groups is 1. The van der Waals surface area contributed by atoms with Gasteiger partial charge in [-0.15, -0.1) is 0 Å². The number of hydrogen-bond acceptors (Lipinski definition) is 4. The van der Waals surface area contributed by atoms with Crippen LogP contribution in [0, 0.1) is 0 Å². The van der Waals surface area contributed by atoms with E-state index in [0.29, 0.717) is 13.1 Å². The Labute approximate surface area is 117 Å². The Morgan fingerprint density at radius 2 is 2.20 bits per heavy atom. The van der Waals surface area contributed by atoms with Gasteiger partial charge in [0.25, 0.3) is 0 Å². The quantitative estimate of drug-likeness (QED) is 0.891. The van der Waals surface area contributed by atoms with Gasteiger partial charge >= 0.3 is 6.09 Å². The van der Waals surface area contributed by atoms with Crippen LogP contribution in [0.3, 0.4) is 0 Å². The summed E-state index contributed by atoms with van der Waals surface area (Å²) in [5.74, 6) is -0.119. The number of carbonyl (C=O) groups is 2. The SMILES string of the molecule is CC(=O)NCC1CN(N2CCc3ccccc32)C(=O)O1. The van der Waals surface area contributed by atoms with Crippen molar-refractivity contribution in [2.24, 2.45) is 0 Å². The second-order valence-electron chi connectivity index (χ2n) is 5.03. The third-order valence-corrected chi connectivity index (χ3v) is 3.59. The van der Waals surface area contributed by atoms with E-state index in [1.807, 2.05) is 23.2 Å². The Kier molecular flexibility index (Phi) is 3.22. The topological polar surface area (TPSA) is 61.9 Å². The molecule has 6 nitrogen and oxygen atoms in total. The summed E-state index contributed by atoms with van der Waals surface area (Å²) in [5, 5.41) is 6.26. The molecule has 0 aliphatic carbocycles. The first-order valence-corrected chi connectivity index (χ1v) is 6.73. The predicted molar refractivity (Wildman–Crippen MR) is 73.2 cm³/mol. The number of benzene rings is 1. The van der Waals surface area contributed by atoms with E-state index in [-0.39, 0.29) is 18.1 Å². The van der Waals surface area contributed by atoms with Gasteiger partial charge in [-0.05, 0) is 18.1 Å². The van der Waals surface area contributed by atoms with E-state index in [9.17, 15) is 9.59 Å². The summed E-state index contributed by atoms with van der Waals surface area (Å²) < 4.78 is 5.28. The first-order valence-electron chi connectivity index (χ1n) is 6.73. The zero-order valence-electron chi connectivity index (χ0n) is 11.3. The Bertz CT molecular complexity index is 546. The first-order chi connectivity index (χ1) is 9.65. The molecule has 0 radical (unpaired) electrons. The van der Waals surface area contributed by atoms with Gasteiger partial charge < -0.3 is 10.1 Å². The molecule has 1 fully saturated rings. The van der Waals surface area contributed by atoms with Crippen molar-refractivity contribution < 1.29 is 14.3 Å². The smallest absolute Gasteiger partial charge is 0.429 e. The maximum Gasteiger partial charge on any atom is 0.429 e. The Balaban J connectivity index is 1.70. The van der Waals surface area contributed by atoms with Crippen LogP contribution in [0.2, 0.25) is 0 Å². The molecular weight excluding hydrogens is 258 g/mol. The normalized spacial score (nSPS) is 20.9. The maximum atomic E-state index is 12.0. The molecular formula is C14H17N3O3. The van der Waals surface area contributed by atoms with Crippen LogP contribution < -0.4 is 10.3 Å². The summed E-state index contributed by atoms with van der Waals surface area (Å²) in [6, 6.07) is 8.06. The molecule has 0 bridgehead atoms. The van der Waals surface area contributed by atoms with Crippen LogP contribution in [0.5, 0.6) is 0 Å². The summed E-state index contributed by atoms with van der Waals surface area (Å²) >= 11 is 0. The fourth-order valence-corrected chi connectivity index (χ4v) is 2.64. The standard InChI is InChI=1S/C14H17N3O3/c1-10(18)15-8-12-9-17(14(19)20-12)16-7-6-11-4-2-3-5-13(11)16/h2-5,12H,6-9H2,1H3,(H,15,18). The summed E-state index contributed by atoms with van der Waals surface area (Å²) in [5.41, 5.74) is 2.30. The van der Waals surface area contributed by atoms with Crippen molar-refractivity contribution in [1.29, 1.82) is 0 Å². The van der Waals surface area contributed by atoms with Gasteiger partial charge in [0.1, 0.15) is 6.10 Å². The zero-order valence-corrected chi connectivity index (χ0v) is 11.3. The van der Waals surface area contributed by atoms with E-state index in [1.165, 1.54) is 12.5 Å². The second-order valence-corrected chi connectivity index (χ2v) is 5.03. The minimum atomic E-state index is -0.350. The largest absolute Gasteiger partial charge is 0.441 e. The number of rotatable bonds is 3. The highest BCUT2D eigenvalue weighted by Gasteiger charge is 2.37. The number of nitrogens with zero attached hydrogens (tertiary/aromatic N) is 2. The molecule has 1 N–H and O–H groups in total. The lowest BCUT2D eigenvalue weighted by atomic mass is 10.2. The van der Waals surface area contributed by atoms with Crippen molar-refractivity contribution in [2.75, 3.05) is 24.6 Å². The van der Waals surface area contributed by atoms with Crippen molar-refractivity contribution in [3.05, 3.63) is 29.8 Å². The number of cyclic esters (lactones) is 1. The highest BCUT2D eigenvalue weighted by molar-refractivity contribution is 5.75. The van der Waals surface area contributed by atoms with Gasteiger partial charge in [0.15, 0.2) is 0 Å². The lowest BCUT2D eigenvalue weighted by Gasteiger charge is -2.27. The van der Waals surface area contributed by atoms with E-state index in [4.69, 9.17) is 4.74 Å². The van der Waals surface area contributed by atoms with Gasteiger partial charge in [-0.2, -0.15) is 0 Å². The molecule has 1 atom stereocenters. The van der Waals surface area contributed by atoms with Gasteiger partial charge in [0, 0.05) is 13.5 Å². The molecule has 6 heteroatoms. The van der Waals surface area contributed by atoms with Crippen LogP contribution in [-0.4, -0.2) is 42.7 Å². The van der Waals surface area contributed by atoms with E-state index < -0.39 is 0 Å². The molecule has 2 aliphatic heterocycles. The molecule has 1 aromatic carbocycles. The van der Waals surface area contributed by atoms with Crippen molar-refractivity contribution in [3.8, 4) is 0 Å². The van der Waals surface area contributed by atoms with Gasteiger partial charge in [-0.3, -0.25) is 9.80 Å². The molecule has 1 saturated heterocycles. The minimum absolute atomic E-state index is 0.119. The fourth-order valence-electron chi connectivity index (χ4n) is 2.64. The number of amides is 2. The van der Waals surface area contributed by atoms with Crippen molar-refractivity contribution in [1.82, 2.24) is 10.3 Å². The van der Waals surface area contributed by atoms with Crippen LogP contribution in [0.25, 0.3) is 0 Å². The molecule has 2 heterocycles. The lowest BCUT2D eigenvalue weighted by molar-refractivity contribution is -0.119. The minimum Gasteiger partial charge on any atom is -0.441 e. The summed E-state index contributed by atoms with van der Waals surface area (Å²) in [6.45, 7) is 3.05. The number of para-hydroxylation sites is 1. The maximum absolute atomic E-state index is 12.0. The molecule has 1 aromatic rings.